The zero-order valence-electron chi connectivity index (χ0n) is 11.9. The van der Waals surface area contributed by atoms with E-state index < -0.39 is 7.65 Å². The average Bonchev–Trinajstić information content (AvgIpc) is 2.57. The Kier molecular flexibility index (Phi) is 3.07. The number of rotatable bonds is 1. The van der Waals surface area contributed by atoms with Crippen LogP contribution in [0, 0.1) is 0 Å². The Morgan fingerprint density at radius 3 is 2.52 bits per heavy atom. The smallest absolute Gasteiger partial charge is 0.290 e. The molecule has 0 N–H and O–H groups in total. The number of para-hydroxylation sites is 1. The second-order valence-corrected chi connectivity index (χ2v) is 6.35. The Balaban J connectivity index is 2.14. The van der Waals surface area contributed by atoms with Gasteiger partial charge in [-0.25, -0.2) is 4.20 Å². The number of benzene rings is 2. The number of carbonyl (C=O) groups is 2. The van der Waals surface area contributed by atoms with E-state index in [4.69, 9.17) is 4.20 Å². The van der Waals surface area contributed by atoms with Gasteiger partial charge < -0.3 is 0 Å². The van der Waals surface area contributed by atoms with Gasteiger partial charge in [0, 0.05) is 21.9 Å². The molecular formula is C18H10O4P+. The first-order valence-corrected chi connectivity index (χ1v) is 8.19. The standard InChI is InChI=1S/C18H10O4P/c19-11-8-9-16(20)15(10-11)14-6-3-5-13-12-4-1-2-7-17(12)22-23(21)18(13)14/h1-10H/q+1. The second-order valence-electron chi connectivity index (χ2n) is 5.20. The molecule has 0 saturated heterocycles. The highest BCUT2D eigenvalue weighted by Gasteiger charge is 2.25. The molecule has 5 heteroatoms. The van der Waals surface area contributed by atoms with Crippen molar-refractivity contribution in [1.82, 2.24) is 0 Å². The van der Waals surface area contributed by atoms with Crippen molar-refractivity contribution in [2.75, 3.05) is 0 Å². The molecule has 4 nitrogen and oxygen atoms in total. The van der Waals surface area contributed by atoms with E-state index in [0.29, 0.717) is 16.3 Å². The van der Waals surface area contributed by atoms with E-state index in [0.717, 1.165) is 10.8 Å². The molecule has 0 aliphatic heterocycles. The van der Waals surface area contributed by atoms with E-state index in [9.17, 15) is 14.2 Å². The molecule has 4 rings (SSSR count). The maximum atomic E-state index is 12.6. The number of carbonyl (C=O) groups excluding carboxylic acids is 2. The van der Waals surface area contributed by atoms with Crippen LogP contribution in [0.2, 0.25) is 0 Å². The van der Waals surface area contributed by atoms with Crippen LogP contribution in [0.15, 0.2) is 64.9 Å². The lowest BCUT2D eigenvalue weighted by Crippen LogP contribution is -2.06. The van der Waals surface area contributed by atoms with Crippen LogP contribution in [-0.2, 0) is 14.2 Å². The normalized spacial score (nSPS) is 15.3. The van der Waals surface area contributed by atoms with Gasteiger partial charge in [-0.15, -0.1) is 0 Å². The van der Waals surface area contributed by atoms with Gasteiger partial charge in [-0.1, -0.05) is 24.3 Å². The number of hydrogen-bond donors (Lipinski definition) is 0. The Labute approximate surface area is 131 Å². The molecule has 1 unspecified atom stereocenters. The topological polar surface area (TPSA) is 64.3 Å². The van der Waals surface area contributed by atoms with Crippen LogP contribution in [0.3, 0.4) is 0 Å². The van der Waals surface area contributed by atoms with E-state index in [1.165, 1.54) is 18.2 Å². The summed E-state index contributed by atoms with van der Waals surface area (Å²) in [6.07, 6.45) is 3.75. The van der Waals surface area contributed by atoms with Crippen LogP contribution >= 0.6 is 7.65 Å². The molecule has 3 aromatic rings. The van der Waals surface area contributed by atoms with Crippen molar-refractivity contribution >= 4 is 46.3 Å². The summed E-state index contributed by atoms with van der Waals surface area (Å²) in [7, 11) is -2.15. The number of allylic oxidation sites excluding steroid dienone is 4. The van der Waals surface area contributed by atoms with E-state index >= 15 is 0 Å². The van der Waals surface area contributed by atoms with Crippen LogP contribution < -0.4 is 0 Å². The van der Waals surface area contributed by atoms with Crippen LogP contribution in [0.4, 0.5) is 0 Å². The fourth-order valence-electron chi connectivity index (χ4n) is 2.80. The van der Waals surface area contributed by atoms with Crippen molar-refractivity contribution in [3.8, 4) is 0 Å². The van der Waals surface area contributed by atoms with Crippen molar-refractivity contribution in [1.29, 1.82) is 0 Å². The van der Waals surface area contributed by atoms with Gasteiger partial charge in [0.1, 0.15) is 0 Å². The highest BCUT2D eigenvalue weighted by atomic mass is 31.1. The third kappa shape index (κ3) is 2.16. The van der Waals surface area contributed by atoms with Crippen LogP contribution in [-0.4, -0.2) is 11.6 Å². The summed E-state index contributed by atoms with van der Waals surface area (Å²) >= 11 is 0. The van der Waals surface area contributed by atoms with Crippen molar-refractivity contribution < 1.29 is 18.4 Å². The molecule has 0 saturated carbocycles. The molecule has 1 aliphatic rings. The molecule has 0 amide bonds. The van der Waals surface area contributed by atoms with Gasteiger partial charge in [0.05, 0.1) is 0 Å². The Bertz CT molecular complexity index is 1120. The lowest BCUT2D eigenvalue weighted by atomic mass is 9.95. The lowest BCUT2D eigenvalue weighted by molar-refractivity contribution is -0.113. The third-order valence-corrected chi connectivity index (χ3v) is 5.03. The first-order chi connectivity index (χ1) is 11.1. The minimum Gasteiger partial charge on any atom is -0.290 e. The molecule has 0 fully saturated rings. The predicted octanol–water partition coefficient (Wildman–Crippen LogP) is 4.42. The maximum absolute atomic E-state index is 12.6. The van der Waals surface area contributed by atoms with E-state index in [-0.39, 0.29) is 17.1 Å². The number of hydrogen-bond acceptors (Lipinski definition) is 4. The summed E-state index contributed by atoms with van der Waals surface area (Å²) in [6.45, 7) is 0. The van der Waals surface area contributed by atoms with E-state index in [1.54, 1.807) is 18.2 Å². The largest absolute Gasteiger partial charge is 0.598 e. The van der Waals surface area contributed by atoms with Gasteiger partial charge in [0.15, 0.2) is 17.1 Å². The van der Waals surface area contributed by atoms with Gasteiger partial charge in [0.2, 0.25) is 5.12 Å². The van der Waals surface area contributed by atoms with Gasteiger partial charge in [-0.3, -0.25) is 9.59 Å². The molecule has 2 aromatic carbocycles. The molecule has 0 spiro atoms. The molecule has 110 valence electrons. The minimum absolute atomic E-state index is 0.251. The molecule has 0 radical (unpaired) electrons. The second kappa shape index (κ2) is 5.11. The maximum Gasteiger partial charge on any atom is 0.598 e. The van der Waals surface area contributed by atoms with E-state index in [2.05, 4.69) is 0 Å². The zero-order chi connectivity index (χ0) is 16.0. The summed E-state index contributed by atoms with van der Waals surface area (Å²) in [4.78, 5) is 23.8. The molecule has 1 aliphatic carbocycles. The monoisotopic (exact) mass is 321 g/mol. The number of ketones is 2. The highest BCUT2D eigenvalue weighted by Crippen LogP contribution is 2.40. The molecular weight excluding hydrogens is 311 g/mol. The summed E-state index contributed by atoms with van der Waals surface area (Å²) < 4.78 is 18.1. The average molecular weight is 321 g/mol. The molecule has 1 atom stereocenters. The Morgan fingerprint density at radius 2 is 1.65 bits per heavy atom. The number of fused-ring (bicyclic) bond motifs is 3. The van der Waals surface area contributed by atoms with Gasteiger partial charge in [-0.05, 0) is 41.0 Å². The SMILES string of the molecule is O=C1C=CC(=O)C(c2cccc3c4ccccc4o[p+](=O)c23)=C1. The lowest BCUT2D eigenvalue weighted by Gasteiger charge is -2.07. The zero-order valence-corrected chi connectivity index (χ0v) is 12.7. The minimum atomic E-state index is -2.15. The Hall–Kier alpha value is -2.84. The molecule has 23 heavy (non-hydrogen) atoms. The Morgan fingerprint density at radius 1 is 0.870 bits per heavy atom. The fourth-order valence-corrected chi connectivity index (χ4v) is 4.01. The van der Waals surface area contributed by atoms with Crippen LogP contribution in [0.1, 0.15) is 5.56 Å². The first kappa shape index (κ1) is 13.8. The van der Waals surface area contributed by atoms with Gasteiger partial charge in [0.25, 0.3) is 0 Å². The third-order valence-electron chi connectivity index (χ3n) is 3.82. The van der Waals surface area contributed by atoms with Gasteiger partial charge >= 0.3 is 7.65 Å². The van der Waals surface area contributed by atoms with E-state index in [1.807, 2.05) is 24.3 Å². The van der Waals surface area contributed by atoms with Crippen molar-refractivity contribution in [3.05, 3.63) is 66.3 Å². The summed E-state index contributed by atoms with van der Waals surface area (Å²) in [5.41, 5.74) is 1.29. The molecule has 1 heterocycles. The summed E-state index contributed by atoms with van der Waals surface area (Å²) in [6, 6.07) is 12.6. The summed E-state index contributed by atoms with van der Waals surface area (Å²) in [5, 5.41) is 2.05. The fraction of sp³-hybridized carbons (Fsp3) is 0. The summed E-state index contributed by atoms with van der Waals surface area (Å²) in [5.74, 6) is -0.537. The first-order valence-electron chi connectivity index (χ1n) is 7.01. The van der Waals surface area contributed by atoms with Crippen LogP contribution in [0.5, 0.6) is 0 Å². The predicted molar refractivity (Wildman–Crippen MR) is 88.5 cm³/mol. The van der Waals surface area contributed by atoms with Crippen molar-refractivity contribution in [3.63, 3.8) is 0 Å². The molecule has 0 bridgehead atoms. The van der Waals surface area contributed by atoms with Crippen LogP contribution in [0.25, 0.3) is 27.0 Å². The van der Waals surface area contributed by atoms with Crippen molar-refractivity contribution in [2.24, 2.45) is 0 Å². The van der Waals surface area contributed by atoms with Gasteiger partial charge in [-0.2, -0.15) is 0 Å². The quantitative estimate of drug-likeness (QED) is 0.491. The highest BCUT2D eigenvalue weighted by molar-refractivity contribution is 7.37. The van der Waals surface area contributed by atoms with Crippen molar-refractivity contribution in [2.45, 2.75) is 0 Å². The molecule has 1 aromatic heterocycles.